The van der Waals surface area contributed by atoms with Crippen LogP contribution in [0.3, 0.4) is 0 Å². The second-order valence-corrected chi connectivity index (χ2v) is 10.0. The van der Waals surface area contributed by atoms with Crippen molar-refractivity contribution in [1.82, 2.24) is 0 Å². The van der Waals surface area contributed by atoms with Gasteiger partial charge in [0.25, 0.3) is 0 Å². The summed E-state index contributed by atoms with van der Waals surface area (Å²) in [6, 6.07) is 21.0. The molecule has 1 heterocycles. The summed E-state index contributed by atoms with van der Waals surface area (Å²) in [6.07, 6.45) is 0.526. The summed E-state index contributed by atoms with van der Waals surface area (Å²) < 4.78 is 41.9. The lowest BCUT2D eigenvalue weighted by Gasteiger charge is -2.18. The number of esters is 1. The van der Waals surface area contributed by atoms with Crippen LogP contribution in [-0.2, 0) is 26.0 Å². The van der Waals surface area contributed by atoms with Crippen LogP contribution in [0.2, 0.25) is 0 Å². The van der Waals surface area contributed by atoms with E-state index < -0.39 is 22.6 Å². The molecular formula is C26H25NO7S. The van der Waals surface area contributed by atoms with E-state index in [1.165, 1.54) is 4.31 Å². The number of carbonyl (C=O) groups is 2. The van der Waals surface area contributed by atoms with Gasteiger partial charge in [0.15, 0.2) is 19.0 Å². The second kappa shape index (κ2) is 10.6. The smallest absolute Gasteiger partial charge is 0.344 e. The SMILES string of the molecule is CCS(=O)(=O)N1CCc2cc(C(=O)COC(=O)COc3ccc(Oc4ccccc4)cc3)ccc21. The highest BCUT2D eigenvalue weighted by molar-refractivity contribution is 7.92. The number of ether oxygens (including phenoxy) is 3. The molecule has 3 aromatic carbocycles. The number of carbonyl (C=O) groups excluding carboxylic acids is 2. The maximum absolute atomic E-state index is 12.5. The first-order valence-electron chi connectivity index (χ1n) is 11.1. The number of para-hydroxylation sites is 1. The van der Waals surface area contributed by atoms with Gasteiger partial charge in [-0.1, -0.05) is 18.2 Å². The molecule has 0 saturated heterocycles. The highest BCUT2D eigenvalue weighted by Gasteiger charge is 2.28. The van der Waals surface area contributed by atoms with Crippen molar-refractivity contribution in [2.24, 2.45) is 0 Å². The first-order chi connectivity index (χ1) is 16.9. The number of hydrogen-bond acceptors (Lipinski definition) is 7. The summed E-state index contributed by atoms with van der Waals surface area (Å²) in [6.45, 7) is 1.18. The first kappa shape index (κ1) is 24.3. The molecule has 182 valence electrons. The minimum Gasteiger partial charge on any atom is -0.482 e. The quantitative estimate of drug-likeness (QED) is 0.310. The molecule has 1 aliphatic rings. The van der Waals surface area contributed by atoms with Crippen LogP contribution in [-0.4, -0.2) is 45.7 Å². The molecule has 3 aromatic rings. The molecular weight excluding hydrogens is 470 g/mol. The van der Waals surface area contributed by atoms with Crippen molar-refractivity contribution in [2.45, 2.75) is 13.3 Å². The van der Waals surface area contributed by atoms with Gasteiger partial charge < -0.3 is 14.2 Å². The highest BCUT2D eigenvalue weighted by atomic mass is 32.2. The molecule has 0 radical (unpaired) electrons. The fourth-order valence-electron chi connectivity index (χ4n) is 3.63. The van der Waals surface area contributed by atoms with Crippen LogP contribution in [0.1, 0.15) is 22.8 Å². The molecule has 0 atom stereocenters. The summed E-state index contributed by atoms with van der Waals surface area (Å²) in [5, 5.41) is 0. The fourth-order valence-corrected chi connectivity index (χ4v) is 4.79. The maximum atomic E-state index is 12.5. The number of anilines is 1. The van der Waals surface area contributed by atoms with Crippen LogP contribution in [0.5, 0.6) is 17.2 Å². The van der Waals surface area contributed by atoms with Gasteiger partial charge in [0, 0.05) is 12.1 Å². The number of ketones is 1. The van der Waals surface area contributed by atoms with E-state index in [0.717, 1.165) is 5.56 Å². The maximum Gasteiger partial charge on any atom is 0.344 e. The molecule has 0 amide bonds. The summed E-state index contributed by atoms with van der Waals surface area (Å²) >= 11 is 0. The molecule has 1 aliphatic heterocycles. The molecule has 9 heteroatoms. The fraction of sp³-hybridized carbons (Fsp3) is 0.231. The number of rotatable bonds is 10. The van der Waals surface area contributed by atoms with Crippen LogP contribution in [0.15, 0.2) is 72.8 Å². The largest absolute Gasteiger partial charge is 0.482 e. The zero-order chi connectivity index (χ0) is 24.8. The van der Waals surface area contributed by atoms with E-state index in [-0.39, 0.29) is 18.1 Å². The van der Waals surface area contributed by atoms with Crippen molar-refractivity contribution in [3.8, 4) is 17.2 Å². The molecule has 0 spiro atoms. The standard InChI is InChI=1S/C26H25NO7S/c1-2-35(30,31)27-15-14-19-16-20(8-13-24(19)27)25(28)17-33-26(29)18-32-21-9-11-23(12-10-21)34-22-6-4-3-5-7-22/h3-13,16H,2,14-15,17-18H2,1H3. The van der Waals surface area contributed by atoms with Gasteiger partial charge in [0.1, 0.15) is 17.2 Å². The van der Waals surface area contributed by atoms with E-state index in [2.05, 4.69) is 0 Å². The number of benzene rings is 3. The molecule has 0 aromatic heterocycles. The van der Waals surface area contributed by atoms with Gasteiger partial charge in [-0.15, -0.1) is 0 Å². The Kier molecular flexibility index (Phi) is 7.36. The van der Waals surface area contributed by atoms with Gasteiger partial charge >= 0.3 is 5.97 Å². The average molecular weight is 496 g/mol. The lowest BCUT2D eigenvalue weighted by atomic mass is 10.1. The lowest BCUT2D eigenvalue weighted by Crippen LogP contribution is -2.30. The normalized spacial score (nSPS) is 12.7. The van der Waals surface area contributed by atoms with Crippen molar-refractivity contribution >= 4 is 27.5 Å². The second-order valence-electron chi connectivity index (χ2n) is 7.83. The Morgan fingerprint density at radius 2 is 1.57 bits per heavy atom. The van der Waals surface area contributed by atoms with Crippen molar-refractivity contribution in [3.05, 3.63) is 83.9 Å². The van der Waals surface area contributed by atoms with E-state index in [4.69, 9.17) is 14.2 Å². The van der Waals surface area contributed by atoms with Gasteiger partial charge in [0.2, 0.25) is 10.0 Å². The summed E-state index contributed by atoms with van der Waals surface area (Å²) in [4.78, 5) is 24.5. The van der Waals surface area contributed by atoms with E-state index in [0.29, 0.717) is 41.5 Å². The Balaban J connectivity index is 1.25. The number of hydrogen-bond donors (Lipinski definition) is 0. The van der Waals surface area contributed by atoms with E-state index in [9.17, 15) is 18.0 Å². The minimum atomic E-state index is -3.35. The van der Waals surface area contributed by atoms with Gasteiger partial charge in [0.05, 0.1) is 11.4 Å². The number of fused-ring (bicyclic) bond motifs is 1. The van der Waals surface area contributed by atoms with Crippen molar-refractivity contribution in [2.75, 3.05) is 29.8 Å². The van der Waals surface area contributed by atoms with Crippen LogP contribution in [0, 0.1) is 0 Å². The van der Waals surface area contributed by atoms with Gasteiger partial charge in [-0.05, 0) is 73.5 Å². The van der Waals surface area contributed by atoms with E-state index in [1.807, 2.05) is 30.3 Å². The topological polar surface area (TPSA) is 99.2 Å². The monoisotopic (exact) mass is 495 g/mol. The molecule has 4 rings (SSSR count). The van der Waals surface area contributed by atoms with Crippen LogP contribution >= 0.6 is 0 Å². The third-order valence-electron chi connectivity index (χ3n) is 5.48. The molecule has 0 saturated carbocycles. The Labute approximate surface area is 204 Å². The summed E-state index contributed by atoms with van der Waals surface area (Å²) in [7, 11) is -3.35. The Morgan fingerprint density at radius 1 is 0.886 bits per heavy atom. The summed E-state index contributed by atoms with van der Waals surface area (Å²) in [5.41, 5.74) is 1.73. The molecule has 0 aliphatic carbocycles. The van der Waals surface area contributed by atoms with Crippen molar-refractivity contribution in [1.29, 1.82) is 0 Å². The molecule has 0 bridgehead atoms. The third kappa shape index (κ3) is 5.99. The zero-order valence-electron chi connectivity index (χ0n) is 19.2. The third-order valence-corrected chi connectivity index (χ3v) is 7.26. The Hall–Kier alpha value is -3.85. The predicted molar refractivity (Wildman–Crippen MR) is 131 cm³/mol. The lowest BCUT2D eigenvalue weighted by molar-refractivity contribution is -0.144. The number of Topliss-reactive ketones (excluding diaryl/α,β-unsaturated/α-hetero) is 1. The molecule has 0 unspecified atom stereocenters. The first-order valence-corrected chi connectivity index (χ1v) is 12.7. The van der Waals surface area contributed by atoms with Crippen LogP contribution in [0.25, 0.3) is 0 Å². The van der Waals surface area contributed by atoms with E-state index in [1.54, 1.807) is 49.4 Å². The number of nitrogens with zero attached hydrogens (tertiary/aromatic N) is 1. The highest BCUT2D eigenvalue weighted by Crippen LogP contribution is 2.31. The van der Waals surface area contributed by atoms with Crippen molar-refractivity contribution in [3.63, 3.8) is 0 Å². The molecule has 0 N–H and O–H groups in total. The average Bonchev–Trinajstić information content (AvgIpc) is 3.32. The molecule has 8 nitrogen and oxygen atoms in total. The van der Waals surface area contributed by atoms with Gasteiger partial charge in [-0.2, -0.15) is 0 Å². The zero-order valence-corrected chi connectivity index (χ0v) is 20.0. The van der Waals surface area contributed by atoms with E-state index >= 15 is 0 Å². The van der Waals surface area contributed by atoms with Gasteiger partial charge in [-0.25, -0.2) is 13.2 Å². The van der Waals surface area contributed by atoms with Crippen LogP contribution < -0.4 is 13.8 Å². The molecule has 35 heavy (non-hydrogen) atoms. The van der Waals surface area contributed by atoms with Crippen molar-refractivity contribution < 1.29 is 32.2 Å². The predicted octanol–water partition coefficient (Wildman–Crippen LogP) is 4.00. The Morgan fingerprint density at radius 3 is 2.29 bits per heavy atom. The Bertz CT molecular complexity index is 1310. The minimum absolute atomic E-state index is 0.0107. The number of sulfonamides is 1. The molecule has 0 fully saturated rings. The van der Waals surface area contributed by atoms with Crippen LogP contribution in [0.4, 0.5) is 5.69 Å². The summed E-state index contributed by atoms with van der Waals surface area (Å²) in [5.74, 6) is 0.753. The van der Waals surface area contributed by atoms with Gasteiger partial charge in [-0.3, -0.25) is 9.10 Å².